The molecule has 0 aliphatic carbocycles. The number of hydrogen-bond donors (Lipinski definition) is 1. The average Bonchev–Trinajstić information content (AvgIpc) is 3.01. The first kappa shape index (κ1) is 15.0. The summed E-state index contributed by atoms with van der Waals surface area (Å²) >= 11 is 14.3. The van der Waals surface area contributed by atoms with Crippen LogP contribution in [0.25, 0.3) is 0 Å². The maximum Gasteiger partial charge on any atom is 0.158 e. The van der Waals surface area contributed by atoms with Gasteiger partial charge in [-0.05, 0) is 37.6 Å². The lowest BCUT2D eigenvalue weighted by Gasteiger charge is -2.31. The number of anilines is 2. The van der Waals surface area contributed by atoms with Crippen molar-refractivity contribution in [3.05, 3.63) is 44.6 Å². The van der Waals surface area contributed by atoms with E-state index in [1.807, 2.05) is 18.2 Å². The second-order valence-electron chi connectivity index (χ2n) is 5.15. The molecule has 3 nitrogen and oxygen atoms in total. The van der Waals surface area contributed by atoms with Crippen molar-refractivity contribution in [2.75, 3.05) is 30.4 Å². The van der Waals surface area contributed by atoms with E-state index in [2.05, 4.69) is 40.5 Å². The lowest BCUT2D eigenvalue weighted by molar-refractivity contribution is 0.340. The fraction of sp³-hybridized carbons (Fsp3) is 0.333. The van der Waals surface area contributed by atoms with Gasteiger partial charge in [-0.25, -0.2) is 0 Å². The molecular weight excluding hydrogens is 325 g/mol. The SMILES string of the molecule is Cc1sccc1N1CCN(C)C1Nc1c(Cl)cccc1Cl. The zero-order valence-corrected chi connectivity index (χ0v) is 14.3. The van der Waals surface area contributed by atoms with Gasteiger partial charge in [-0.2, -0.15) is 0 Å². The van der Waals surface area contributed by atoms with E-state index in [0.29, 0.717) is 10.0 Å². The zero-order valence-electron chi connectivity index (χ0n) is 11.9. The molecule has 1 aliphatic heterocycles. The maximum absolute atomic E-state index is 6.28. The van der Waals surface area contributed by atoms with Gasteiger partial charge in [0.15, 0.2) is 6.29 Å². The summed E-state index contributed by atoms with van der Waals surface area (Å²) in [5.74, 6) is 0. The minimum absolute atomic E-state index is 0.0516. The minimum Gasteiger partial charge on any atom is -0.350 e. The van der Waals surface area contributed by atoms with Gasteiger partial charge >= 0.3 is 0 Å². The largest absolute Gasteiger partial charge is 0.350 e. The third-order valence-electron chi connectivity index (χ3n) is 3.78. The van der Waals surface area contributed by atoms with Crippen molar-refractivity contribution in [1.82, 2.24) is 4.90 Å². The highest BCUT2D eigenvalue weighted by atomic mass is 35.5. The summed E-state index contributed by atoms with van der Waals surface area (Å²) in [7, 11) is 2.10. The second-order valence-corrected chi connectivity index (χ2v) is 7.09. The monoisotopic (exact) mass is 341 g/mol. The van der Waals surface area contributed by atoms with E-state index < -0.39 is 0 Å². The Labute approximate surface area is 139 Å². The number of rotatable bonds is 3. The Bertz CT molecular complexity index is 623. The fourth-order valence-electron chi connectivity index (χ4n) is 2.63. The van der Waals surface area contributed by atoms with Crippen molar-refractivity contribution in [2.45, 2.75) is 13.2 Å². The highest BCUT2D eigenvalue weighted by Crippen LogP contribution is 2.34. The molecule has 1 aliphatic rings. The fourth-order valence-corrected chi connectivity index (χ4v) is 3.84. The standard InChI is InChI=1S/C15H17Cl2N3S/c1-10-13(6-9-21-10)20-8-7-19(2)15(20)18-14-11(16)4-3-5-12(14)17/h3-6,9,15,18H,7-8H2,1-2H3. The van der Waals surface area contributed by atoms with Crippen LogP contribution in [0.3, 0.4) is 0 Å². The third kappa shape index (κ3) is 2.86. The minimum atomic E-state index is 0.0516. The summed E-state index contributed by atoms with van der Waals surface area (Å²) in [6, 6.07) is 7.73. The maximum atomic E-state index is 6.28. The Morgan fingerprint density at radius 2 is 1.90 bits per heavy atom. The molecule has 1 N–H and O–H groups in total. The van der Waals surface area contributed by atoms with Gasteiger partial charge in [0.25, 0.3) is 0 Å². The number of nitrogens with one attached hydrogen (secondary N) is 1. The quantitative estimate of drug-likeness (QED) is 0.885. The van der Waals surface area contributed by atoms with Crippen LogP contribution in [0.5, 0.6) is 0 Å². The molecule has 21 heavy (non-hydrogen) atoms. The van der Waals surface area contributed by atoms with Gasteiger partial charge in [-0.3, -0.25) is 4.90 Å². The van der Waals surface area contributed by atoms with Crippen LogP contribution >= 0.6 is 34.5 Å². The Balaban J connectivity index is 1.90. The molecule has 1 fully saturated rings. The average molecular weight is 342 g/mol. The Morgan fingerprint density at radius 3 is 2.52 bits per heavy atom. The summed E-state index contributed by atoms with van der Waals surface area (Å²) < 4.78 is 0. The summed E-state index contributed by atoms with van der Waals surface area (Å²) in [4.78, 5) is 5.93. The highest BCUT2D eigenvalue weighted by Gasteiger charge is 2.31. The Kier molecular flexibility index (Phi) is 4.31. The van der Waals surface area contributed by atoms with Gasteiger partial charge in [0, 0.05) is 18.0 Å². The van der Waals surface area contributed by atoms with Gasteiger partial charge in [0.05, 0.1) is 21.4 Å². The highest BCUT2D eigenvalue weighted by molar-refractivity contribution is 7.10. The molecule has 3 rings (SSSR count). The molecule has 2 aromatic rings. The van der Waals surface area contributed by atoms with Gasteiger partial charge < -0.3 is 10.2 Å². The Morgan fingerprint density at radius 1 is 1.19 bits per heavy atom. The number of likely N-dealkylation sites (N-methyl/N-ethyl adjacent to an activating group) is 1. The lowest BCUT2D eigenvalue weighted by Crippen LogP contribution is -2.43. The predicted octanol–water partition coefficient (Wildman–Crippen LogP) is 4.51. The van der Waals surface area contributed by atoms with E-state index in [1.54, 1.807) is 11.3 Å². The van der Waals surface area contributed by atoms with Crippen LogP contribution in [0.2, 0.25) is 10.0 Å². The summed E-state index contributed by atoms with van der Waals surface area (Å²) in [5, 5.41) is 6.90. The molecule has 112 valence electrons. The number of thiophene rings is 1. The molecule has 1 aromatic heterocycles. The molecule has 1 saturated heterocycles. The number of nitrogens with zero attached hydrogens (tertiary/aromatic N) is 2. The molecule has 1 atom stereocenters. The predicted molar refractivity (Wildman–Crippen MR) is 92.9 cm³/mol. The molecule has 0 saturated carbocycles. The molecule has 2 heterocycles. The van der Waals surface area contributed by atoms with Crippen LogP contribution < -0.4 is 10.2 Å². The van der Waals surface area contributed by atoms with Crippen molar-refractivity contribution < 1.29 is 0 Å². The third-order valence-corrected chi connectivity index (χ3v) is 5.25. The Hall–Kier alpha value is -0.940. The van der Waals surface area contributed by atoms with Crippen LogP contribution in [-0.4, -0.2) is 31.3 Å². The molecule has 0 spiro atoms. The van der Waals surface area contributed by atoms with Crippen LogP contribution in [0.15, 0.2) is 29.6 Å². The molecule has 1 unspecified atom stereocenters. The smallest absolute Gasteiger partial charge is 0.158 e. The molecule has 0 radical (unpaired) electrons. The van der Waals surface area contributed by atoms with E-state index in [9.17, 15) is 0 Å². The topological polar surface area (TPSA) is 18.5 Å². The molecule has 0 bridgehead atoms. The molecule has 0 amide bonds. The summed E-state index contributed by atoms with van der Waals surface area (Å²) in [6.07, 6.45) is 0.0516. The van der Waals surface area contributed by atoms with Crippen LogP contribution in [0.4, 0.5) is 11.4 Å². The van der Waals surface area contributed by atoms with E-state index in [-0.39, 0.29) is 6.29 Å². The molecule has 1 aromatic carbocycles. The normalized spacial score (nSPS) is 19.2. The molecular formula is C15H17Cl2N3S. The van der Waals surface area contributed by atoms with Crippen molar-refractivity contribution in [1.29, 1.82) is 0 Å². The number of hydrogen-bond acceptors (Lipinski definition) is 4. The van der Waals surface area contributed by atoms with E-state index in [0.717, 1.165) is 18.8 Å². The first-order valence-electron chi connectivity index (χ1n) is 6.79. The van der Waals surface area contributed by atoms with Gasteiger partial charge in [-0.15, -0.1) is 11.3 Å². The van der Waals surface area contributed by atoms with Gasteiger partial charge in [0.2, 0.25) is 0 Å². The van der Waals surface area contributed by atoms with Crippen LogP contribution in [0, 0.1) is 6.92 Å². The number of halogens is 2. The summed E-state index contributed by atoms with van der Waals surface area (Å²) in [6.45, 7) is 4.13. The van der Waals surface area contributed by atoms with Crippen LogP contribution in [0.1, 0.15) is 4.88 Å². The van der Waals surface area contributed by atoms with Crippen molar-refractivity contribution in [3.63, 3.8) is 0 Å². The van der Waals surface area contributed by atoms with Crippen molar-refractivity contribution in [3.8, 4) is 0 Å². The lowest BCUT2D eigenvalue weighted by atomic mass is 10.3. The van der Waals surface area contributed by atoms with Gasteiger partial charge in [-0.1, -0.05) is 29.3 Å². The second kappa shape index (κ2) is 6.05. The zero-order chi connectivity index (χ0) is 15.0. The first-order valence-corrected chi connectivity index (χ1v) is 8.43. The number of para-hydroxylation sites is 1. The van der Waals surface area contributed by atoms with Gasteiger partial charge in [0.1, 0.15) is 0 Å². The van der Waals surface area contributed by atoms with E-state index in [4.69, 9.17) is 23.2 Å². The van der Waals surface area contributed by atoms with Crippen molar-refractivity contribution >= 4 is 45.9 Å². The van der Waals surface area contributed by atoms with E-state index in [1.165, 1.54) is 10.6 Å². The molecule has 6 heteroatoms. The van der Waals surface area contributed by atoms with Crippen molar-refractivity contribution in [2.24, 2.45) is 0 Å². The van der Waals surface area contributed by atoms with Crippen LogP contribution in [-0.2, 0) is 0 Å². The number of benzene rings is 1. The summed E-state index contributed by atoms with van der Waals surface area (Å²) in [5.41, 5.74) is 2.06. The van der Waals surface area contributed by atoms with E-state index >= 15 is 0 Å². The number of aryl methyl sites for hydroxylation is 1. The first-order chi connectivity index (χ1) is 10.1.